The van der Waals surface area contributed by atoms with Gasteiger partial charge < -0.3 is 24.0 Å². The van der Waals surface area contributed by atoms with Gasteiger partial charge in [0.15, 0.2) is 17.1 Å². The molecule has 0 spiro atoms. The highest BCUT2D eigenvalue weighted by atomic mass is 16.5. The van der Waals surface area contributed by atoms with Crippen molar-refractivity contribution in [3.8, 4) is 11.5 Å². The standard InChI is InChI=1S/C22H29N3O4/c1-28-19-8-3-6-17(20(19)29-2)14-25-11-5-9-22(27,21(25)26)16-23-12-13-24-10-4-7-18(24)15-23/h3-4,6-8,10,27H,5,9,11-16H2,1-2H3/t22-/m1/s1. The molecule has 156 valence electrons. The van der Waals surface area contributed by atoms with E-state index < -0.39 is 5.60 Å². The number of hydrogen-bond acceptors (Lipinski definition) is 5. The molecule has 7 nitrogen and oxygen atoms in total. The van der Waals surface area contributed by atoms with Crippen LogP contribution in [0.4, 0.5) is 0 Å². The lowest BCUT2D eigenvalue weighted by atomic mass is 9.90. The average Bonchev–Trinajstić information content (AvgIpc) is 3.19. The van der Waals surface area contributed by atoms with Gasteiger partial charge >= 0.3 is 0 Å². The van der Waals surface area contributed by atoms with Crippen LogP contribution in [0.5, 0.6) is 11.5 Å². The van der Waals surface area contributed by atoms with Crippen LogP contribution in [0.3, 0.4) is 0 Å². The van der Waals surface area contributed by atoms with Gasteiger partial charge in [0.2, 0.25) is 0 Å². The fraction of sp³-hybridized carbons (Fsp3) is 0.500. The number of para-hydroxylation sites is 1. The number of amides is 1. The van der Waals surface area contributed by atoms with Crippen LogP contribution in [-0.4, -0.2) is 64.8 Å². The first-order valence-electron chi connectivity index (χ1n) is 10.1. The number of hydrogen-bond donors (Lipinski definition) is 1. The van der Waals surface area contributed by atoms with Gasteiger partial charge in [0.1, 0.15) is 0 Å². The van der Waals surface area contributed by atoms with E-state index >= 15 is 0 Å². The molecular formula is C22H29N3O4. The summed E-state index contributed by atoms with van der Waals surface area (Å²) in [5, 5.41) is 11.3. The average molecular weight is 399 g/mol. The first-order valence-corrected chi connectivity index (χ1v) is 10.1. The van der Waals surface area contributed by atoms with Gasteiger partial charge in [-0.2, -0.15) is 0 Å². The molecule has 1 aromatic carbocycles. The van der Waals surface area contributed by atoms with Gasteiger partial charge in [-0.15, -0.1) is 0 Å². The van der Waals surface area contributed by atoms with E-state index in [4.69, 9.17) is 9.47 Å². The van der Waals surface area contributed by atoms with Crippen molar-refractivity contribution in [3.63, 3.8) is 0 Å². The molecule has 2 aliphatic heterocycles. The lowest BCUT2D eigenvalue weighted by molar-refractivity contribution is -0.160. The Balaban J connectivity index is 1.48. The number of β-amino-alcohol motifs (C(OH)–C–C–N with tert-alkyl or cyclic N) is 1. The molecule has 0 bridgehead atoms. The fourth-order valence-corrected chi connectivity index (χ4v) is 4.52. The van der Waals surface area contributed by atoms with Gasteiger partial charge in [-0.05, 0) is 31.0 Å². The number of aromatic nitrogens is 1. The minimum absolute atomic E-state index is 0.199. The molecule has 3 heterocycles. The summed E-state index contributed by atoms with van der Waals surface area (Å²) in [4.78, 5) is 17.2. The smallest absolute Gasteiger partial charge is 0.256 e. The molecule has 29 heavy (non-hydrogen) atoms. The molecule has 0 saturated carbocycles. The topological polar surface area (TPSA) is 67.2 Å². The third kappa shape index (κ3) is 3.84. The number of carbonyl (C=O) groups excluding carboxylic acids is 1. The maximum Gasteiger partial charge on any atom is 0.256 e. The molecule has 1 amide bonds. The van der Waals surface area contributed by atoms with Crippen molar-refractivity contribution in [1.82, 2.24) is 14.4 Å². The van der Waals surface area contributed by atoms with Gasteiger partial charge in [-0.25, -0.2) is 0 Å². The number of nitrogens with zero attached hydrogens (tertiary/aromatic N) is 3. The summed E-state index contributed by atoms with van der Waals surface area (Å²) >= 11 is 0. The highest BCUT2D eigenvalue weighted by Crippen LogP contribution is 2.33. The minimum Gasteiger partial charge on any atom is -0.493 e. The van der Waals surface area contributed by atoms with Gasteiger partial charge in [0.05, 0.1) is 14.2 Å². The van der Waals surface area contributed by atoms with Crippen molar-refractivity contribution in [2.24, 2.45) is 0 Å². The van der Waals surface area contributed by atoms with Gasteiger partial charge in [0, 0.05) is 56.7 Å². The Morgan fingerprint density at radius 2 is 1.97 bits per heavy atom. The number of rotatable bonds is 6. The Kier molecular flexibility index (Phi) is 5.52. The second-order valence-electron chi connectivity index (χ2n) is 7.92. The van der Waals surface area contributed by atoms with Crippen molar-refractivity contribution in [3.05, 3.63) is 47.8 Å². The van der Waals surface area contributed by atoms with Gasteiger partial charge in [-0.3, -0.25) is 9.69 Å². The summed E-state index contributed by atoms with van der Waals surface area (Å²) in [6, 6.07) is 9.80. The van der Waals surface area contributed by atoms with Crippen LogP contribution < -0.4 is 9.47 Å². The number of fused-ring (bicyclic) bond motifs is 1. The molecule has 1 N–H and O–H groups in total. The summed E-state index contributed by atoms with van der Waals surface area (Å²) in [6.07, 6.45) is 3.35. The maximum atomic E-state index is 13.2. The van der Waals surface area contributed by atoms with Crippen molar-refractivity contribution >= 4 is 5.91 Å². The molecule has 0 unspecified atom stereocenters. The zero-order valence-corrected chi connectivity index (χ0v) is 17.1. The normalized spacial score (nSPS) is 22.4. The Morgan fingerprint density at radius 1 is 1.10 bits per heavy atom. The lowest BCUT2D eigenvalue weighted by Crippen LogP contribution is -2.58. The quantitative estimate of drug-likeness (QED) is 0.803. The van der Waals surface area contributed by atoms with Crippen molar-refractivity contribution in [2.75, 3.05) is 33.9 Å². The van der Waals surface area contributed by atoms with Crippen molar-refractivity contribution in [1.29, 1.82) is 0 Å². The second-order valence-corrected chi connectivity index (χ2v) is 7.92. The summed E-state index contributed by atoms with van der Waals surface area (Å²) in [5.41, 5.74) is 0.750. The van der Waals surface area contributed by atoms with Crippen LogP contribution in [-0.2, 0) is 24.4 Å². The summed E-state index contributed by atoms with van der Waals surface area (Å²) in [7, 11) is 3.20. The molecule has 1 atom stereocenters. The van der Waals surface area contributed by atoms with Crippen molar-refractivity contribution < 1.29 is 19.4 Å². The van der Waals surface area contributed by atoms with E-state index in [-0.39, 0.29) is 5.91 Å². The molecule has 2 aromatic rings. The third-order valence-corrected chi connectivity index (χ3v) is 6.00. The van der Waals surface area contributed by atoms with Crippen LogP contribution in [0.25, 0.3) is 0 Å². The molecule has 1 fully saturated rings. The van der Waals surface area contributed by atoms with E-state index in [1.807, 2.05) is 24.3 Å². The molecule has 4 rings (SSSR count). The van der Waals surface area contributed by atoms with E-state index in [9.17, 15) is 9.90 Å². The number of likely N-dealkylation sites (tertiary alicyclic amines) is 1. The Labute approximate surface area is 171 Å². The second kappa shape index (κ2) is 8.08. The first-order chi connectivity index (χ1) is 14.0. The highest BCUT2D eigenvalue weighted by Gasteiger charge is 2.43. The third-order valence-electron chi connectivity index (χ3n) is 6.00. The Bertz CT molecular complexity index is 881. The van der Waals surface area contributed by atoms with Gasteiger partial charge in [-0.1, -0.05) is 12.1 Å². The van der Waals surface area contributed by atoms with Crippen molar-refractivity contribution in [2.45, 2.75) is 38.1 Å². The van der Waals surface area contributed by atoms with E-state index in [0.29, 0.717) is 37.6 Å². The molecule has 2 aliphatic rings. The van der Waals surface area contributed by atoms with E-state index in [1.54, 1.807) is 19.1 Å². The fourth-order valence-electron chi connectivity index (χ4n) is 4.52. The zero-order chi connectivity index (χ0) is 20.4. The number of methoxy groups -OCH3 is 2. The number of benzene rings is 1. The molecule has 0 aliphatic carbocycles. The molecule has 1 aromatic heterocycles. The summed E-state index contributed by atoms with van der Waals surface area (Å²) in [5.74, 6) is 1.07. The molecule has 1 saturated heterocycles. The predicted octanol–water partition coefficient (Wildman–Crippen LogP) is 1.87. The highest BCUT2D eigenvalue weighted by molar-refractivity contribution is 5.86. The maximum absolute atomic E-state index is 13.2. The zero-order valence-electron chi connectivity index (χ0n) is 17.1. The van der Waals surface area contributed by atoms with E-state index in [1.165, 1.54) is 5.69 Å². The molecular weight excluding hydrogens is 370 g/mol. The number of ether oxygens (including phenoxy) is 2. The SMILES string of the molecule is COc1cccc(CN2CCC[C@@](O)(CN3CCn4cccc4C3)C2=O)c1OC. The number of piperidine rings is 1. The van der Waals surface area contributed by atoms with Crippen LogP contribution in [0, 0.1) is 0 Å². The predicted molar refractivity (Wildman–Crippen MR) is 109 cm³/mol. The monoisotopic (exact) mass is 399 g/mol. The van der Waals surface area contributed by atoms with Crippen LogP contribution in [0.1, 0.15) is 24.1 Å². The van der Waals surface area contributed by atoms with E-state index in [0.717, 1.165) is 31.6 Å². The lowest BCUT2D eigenvalue weighted by Gasteiger charge is -2.42. The molecule has 0 radical (unpaired) electrons. The molecule has 7 heteroatoms. The van der Waals surface area contributed by atoms with Crippen LogP contribution in [0.15, 0.2) is 36.5 Å². The number of aliphatic hydroxyl groups is 1. The number of carbonyl (C=O) groups is 1. The summed E-state index contributed by atoms with van der Waals surface area (Å²) in [6.45, 7) is 3.86. The van der Waals surface area contributed by atoms with E-state index in [2.05, 4.69) is 21.7 Å². The largest absolute Gasteiger partial charge is 0.493 e. The van der Waals surface area contributed by atoms with Crippen LogP contribution >= 0.6 is 0 Å². The Hall–Kier alpha value is -2.51. The van der Waals surface area contributed by atoms with Crippen LogP contribution in [0.2, 0.25) is 0 Å². The summed E-state index contributed by atoms with van der Waals surface area (Å²) < 4.78 is 13.1. The van der Waals surface area contributed by atoms with Gasteiger partial charge in [0.25, 0.3) is 5.91 Å². The Morgan fingerprint density at radius 3 is 2.76 bits per heavy atom. The minimum atomic E-state index is -1.35. The first kappa shape index (κ1) is 19.8.